The second-order valence-corrected chi connectivity index (χ2v) is 4.66. The third-order valence-corrected chi connectivity index (χ3v) is 3.28. The molecule has 4 heteroatoms. The zero-order valence-corrected chi connectivity index (χ0v) is 11.6. The topological polar surface area (TPSA) is 41.1 Å². The van der Waals surface area contributed by atoms with Gasteiger partial charge in [0.1, 0.15) is 0 Å². The van der Waals surface area contributed by atoms with E-state index < -0.39 is 0 Å². The van der Waals surface area contributed by atoms with Crippen LogP contribution < -0.4 is 10.6 Å². The van der Waals surface area contributed by atoms with Gasteiger partial charge in [0.15, 0.2) is 0 Å². The van der Waals surface area contributed by atoms with Crippen LogP contribution in [0, 0.1) is 5.92 Å². The van der Waals surface area contributed by atoms with Crippen LogP contribution >= 0.6 is 12.4 Å². The van der Waals surface area contributed by atoms with E-state index in [1.807, 2.05) is 12.1 Å². The van der Waals surface area contributed by atoms with Gasteiger partial charge >= 0.3 is 0 Å². The first-order valence-corrected chi connectivity index (χ1v) is 6.37. The van der Waals surface area contributed by atoms with E-state index in [4.69, 9.17) is 0 Å². The molecule has 1 saturated heterocycles. The molecule has 0 spiro atoms. The van der Waals surface area contributed by atoms with Crippen molar-refractivity contribution < 1.29 is 4.79 Å². The van der Waals surface area contributed by atoms with Crippen molar-refractivity contribution >= 4 is 24.0 Å². The molecule has 3 nitrogen and oxygen atoms in total. The van der Waals surface area contributed by atoms with Gasteiger partial charge in [0.25, 0.3) is 0 Å². The average Bonchev–Trinajstić information content (AvgIpc) is 2.82. The van der Waals surface area contributed by atoms with Crippen molar-refractivity contribution in [3.63, 3.8) is 0 Å². The molecule has 0 saturated carbocycles. The van der Waals surface area contributed by atoms with Crippen LogP contribution in [0.4, 0.5) is 5.69 Å². The number of halogens is 1. The molecule has 100 valence electrons. The minimum Gasteiger partial charge on any atom is -0.326 e. The lowest BCUT2D eigenvalue weighted by Gasteiger charge is -2.09. The summed E-state index contributed by atoms with van der Waals surface area (Å²) in [6.45, 7) is 4.14. The summed E-state index contributed by atoms with van der Waals surface area (Å²) in [5.74, 6) is 0.632. The molecular weight excluding hydrogens is 248 g/mol. The first-order chi connectivity index (χ1) is 8.28. The molecule has 0 bridgehead atoms. The second-order valence-electron chi connectivity index (χ2n) is 4.66. The molecule has 0 aromatic heterocycles. The summed E-state index contributed by atoms with van der Waals surface area (Å²) in [5, 5.41) is 6.23. The maximum absolute atomic E-state index is 11.8. The highest BCUT2D eigenvalue weighted by molar-refractivity contribution is 5.90. The van der Waals surface area contributed by atoms with Crippen molar-refractivity contribution in [1.29, 1.82) is 0 Å². The molecule has 2 N–H and O–H groups in total. The summed E-state index contributed by atoms with van der Waals surface area (Å²) in [6, 6.07) is 8.08. The highest BCUT2D eigenvalue weighted by Crippen LogP contribution is 2.15. The first kappa shape index (κ1) is 15.0. The number of aryl methyl sites for hydroxylation is 1. The number of amides is 1. The van der Waals surface area contributed by atoms with Crippen LogP contribution in [0.1, 0.15) is 25.3 Å². The standard InChI is InChI=1S/C14H20N2O.ClH/c1-2-11-3-5-13(6-4-11)16-14(17)9-12-7-8-15-10-12;/h3-6,12,15H,2,7-10H2,1H3,(H,16,17);1H. The van der Waals surface area contributed by atoms with Crippen molar-refractivity contribution in [2.24, 2.45) is 5.92 Å². The van der Waals surface area contributed by atoms with Gasteiger partial charge in [0.2, 0.25) is 5.91 Å². The molecule has 1 fully saturated rings. The Balaban J connectivity index is 0.00000162. The number of carbonyl (C=O) groups excluding carboxylic acids is 1. The first-order valence-electron chi connectivity index (χ1n) is 6.37. The van der Waals surface area contributed by atoms with Gasteiger partial charge in [-0.2, -0.15) is 0 Å². The molecule has 18 heavy (non-hydrogen) atoms. The van der Waals surface area contributed by atoms with Crippen molar-refractivity contribution in [2.75, 3.05) is 18.4 Å². The van der Waals surface area contributed by atoms with E-state index in [1.165, 1.54) is 5.56 Å². The SMILES string of the molecule is CCc1ccc(NC(=O)CC2CCNC2)cc1.Cl. The molecule has 1 aromatic rings. The second kappa shape index (κ2) is 7.39. The molecule has 1 aliphatic rings. The maximum Gasteiger partial charge on any atom is 0.224 e. The molecule has 1 unspecified atom stereocenters. The van der Waals surface area contributed by atoms with Gasteiger partial charge in [-0.15, -0.1) is 12.4 Å². The van der Waals surface area contributed by atoms with E-state index in [9.17, 15) is 4.79 Å². The van der Waals surface area contributed by atoms with Gasteiger partial charge in [0, 0.05) is 12.1 Å². The Morgan fingerprint density at radius 2 is 2.11 bits per heavy atom. The Morgan fingerprint density at radius 3 is 2.67 bits per heavy atom. The van der Waals surface area contributed by atoms with Gasteiger partial charge < -0.3 is 10.6 Å². The predicted molar refractivity (Wildman–Crippen MR) is 77.3 cm³/mol. The molecule has 0 aliphatic carbocycles. The summed E-state index contributed by atoms with van der Waals surface area (Å²) in [7, 11) is 0. The number of hydrogen-bond acceptors (Lipinski definition) is 2. The fourth-order valence-corrected chi connectivity index (χ4v) is 2.19. The largest absolute Gasteiger partial charge is 0.326 e. The summed E-state index contributed by atoms with van der Waals surface area (Å²) in [6.07, 6.45) is 2.77. The minimum atomic E-state index is 0. The molecule has 1 amide bonds. The normalized spacial score (nSPS) is 18.2. The van der Waals surface area contributed by atoms with Crippen LogP contribution in [0.25, 0.3) is 0 Å². The maximum atomic E-state index is 11.8. The lowest BCUT2D eigenvalue weighted by molar-refractivity contribution is -0.116. The highest BCUT2D eigenvalue weighted by Gasteiger charge is 2.17. The Kier molecular flexibility index (Phi) is 6.16. The van der Waals surface area contributed by atoms with E-state index in [-0.39, 0.29) is 18.3 Å². The number of benzene rings is 1. The Hall–Kier alpha value is -1.06. The summed E-state index contributed by atoms with van der Waals surface area (Å²) < 4.78 is 0. The Labute approximate surface area is 115 Å². The molecule has 0 radical (unpaired) electrons. The third kappa shape index (κ3) is 4.31. The van der Waals surface area contributed by atoms with E-state index in [0.717, 1.165) is 31.6 Å². The lowest BCUT2D eigenvalue weighted by atomic mass is 10.0. The number of nitrogens with one attached hydrogen (secondary N) is 2. The lowest BCUT2D eigenvalue weighted by Crippen LogP contribution is -2.18. The van der Waals surface area contributed by atoms with Crippen molar-refractivity contribution in [2.45, 2.75) is 26.2 Å². The van der Waals surface area contributed by atoms with Crippen molar-refractivity contribution in [3.05, 3.63) is 29.8 Å². The molecular formula is C14H21ClN2O. The predicted octanol–water partition coefficient (Wildman–Crippen LogP) is 2.61. The quantitative estimate of drug-likeness (QED) is 0.881. The number of hydrogen-bond donors (Lipinski definition) is 2. The van der Waals surface area contributed by atoms with E-state index in [0.29, 0.717) is 12.3 Å². The van der Waals surface area contributed by atoms with Gasteiger partial charge in [-0.25, -0.2) is 0 Å². The van der Waals surface area contributed by atoms with Crippen molar-refractivity contribution in [1.82, 2.24) is 5.32 Å². The average molecular weight is 269 g/mol. The van der Waals surface area contributed by atoms with Gasteiger partial charge in [-0.1, -0.05) is 19.1 Å². The smallest absolute Gasteiger partial charge is 0.224 e. The summed E-state index contributed by atoms with van der Waals surface area (Å²) >= 11 is 0. The Morgan fingerprint density at radius 1 is 1.39 bits per heavy atom. The van der Waals surface area contributed by atoms with Crippen LogP contribution in [0.15, 0.2) is 24.3 Å². The van der Waals surface area contributed by atoms with E-state index in [2.05, 4.69) is 29.7 Å². The van der Waals surface area contributed by atoms with E-state index in [1.54, 1.807) is 0 Å². The van der Waals surface area contributed by atoms with Gasteiger partial charge in [0.05, 0.1) is 0 Å². The van der Waals surface area contributed by atoms with Gasteiger partial charge in [-0.3, -0.25) is 4.79 Å². The summed E-state index contributed by atoms with van der Waals surface area (Å²) in [5.41, 5.74) is 2.20. The summed E-state index contributed by atoms with van der Waals surface area (Å²) in [4.78, 5) is 11.8. The van der Waals surface area contributed by atoms with Gasteiger partial charge in [-0.05, 0) is 49.5 Å². The molecule has 1 aliphatic heterocycles. The van der Waals surface area contributed by atoms with Crippen LogP contribution in [0.5, 0.6) is 0 Å². The number of rotatable bonds is 4. The molecule has 2 rings (SSSR count). The van der Waals surface area contributed by atoms with Crippen LogP contribution in [-0.4, -0.2) is 19.0 Å². The fourth-order valence-electron chi connectivity index (χ4n) is 2.19. The molecule has 1 aromatic carbocycles. The highest BCUT2D eigenvalue weighted by atomic mass is 35.5. The minimum absolute atomic E-state index is 0. The van der Waals surface area contributed by atoms with E-state index >= 15 is 0 Å². The Bertz CT molecular complexity index is 372. The molecule has 1 atom stereocenters. The third-order valence-electron chi connectivity index (χ3n) is 3.28. The zero-order chi connectivity index (χ0) is 12.1. The van der Waals surface area contributed by atoms with Crippen LogP contribution in [0.3, 0.4) is 0 Å². The monoisotopic (exact) mass is 268 g/mol. The van der Waals surface area contributed by atoms with Crippen LogP contribution in [0.2, 0.25) is 0 Å². The fraction of sp³-hybridized carbons (Fsp3) is 0.500. The zero-order valence-electron chi connectivity index (χ0n) is 10.7. The molecule has 1 heterocycles. The number of anilines is 1. The van der Waals surface area contributed by atoms with Crippen LogP contribution in [-0.2, 0) is 11.2 Å². The van der Waals surface area contributed by atoms with Crippen molar-refractivity contribution in [3.8, 4) is 0 Å². The number of carbonyl (C=O) groups is 1.